The van der Waals surface area contributed by atoms with Crippen LogP contribution in [-0.2, 0) is 9.47 Å². The largest absolute Gasteiger partial charge is 0.462 e. The van der Waals surface area contributed by atoms with Crippen LogP contribution in [0.2, 0.25) is 0 Å². The molecule has 1 aromatic rings. The van der Waals surface area contributed by atoms with Gasteiger partial charge in [-0.15, -0.1) is 0 Å². The van der Waals surface area contributed by atoms with Crippen molar-refractivity contribution in [3.8, 4) is 0 Å². The molecule has 0 bridgehead atoms. The third kappa shape index (κ3) is 5.35. The average Bonchev–Trinajstić information content (AvgIpc) is 2.65. The van der Waals surface area contributed by atoms with E-state index in [0.717, 1.165) is 12.1 Å². The molecule has 1 aliphatic heterocycles. The van der Waals surface area contributed by atoms with Gasteiger partial charge in [0.05, 0.1) is 17.9 Å². The number of nitrogens with one attached hydrogen (secondary N) is 1. The lowest BCUT2D eigenvalue weighted by molar-refractivity contribution is 0.0527. The molecule has 7 heteroatoms. The van der Waals surface area contributed by atoms with Gasteiger partial charge < -0.3 is 24.6 Å². The number of urea groups is 1. The Kier molecular flexibility index (Phi) is 7.53. The van der Waals surface area contributed by atoms with Crippen molar-refractivity contribution < 1.29 is 19.1 Å². The van der Waals surface area contributed by atoms with Crippen LogP contribution in [0.25, 0.3) is 0 Å². The fourth-order valence-electron chi connectivity index (χ4n) is 2.80. The van der Waals surface area contributed by atoms with Gasteiger partial charge in [0.2, 0.25) is 0 Å². The molecule has 0 spiro atoms. The highest BCUT2D eigenvalue weighted by molar-refractivity contribution is 5.96. The molecular weight excluding hydrogens is 322 g/mol. The minimum Gasteiger partial charge on any atom is -0.462 e. The fourth-order valence-corrected chi connectivity index (χ4v) is 2.80. The molecule has 1 aliphatic rings. The van der Waals surface area contributed by atoms with E-state index in [0.29, 0.717) is 51.5 Å². The highest BCUT2D eigenvalue weighted by Gasteiger charge is 2.24. The lowest BCUT2D eigenvalue weighted by Gasteiger charge is -2.36. The van der Waals surface area contributed by atoms with Gasteiger partial charge in [0.25, 0.3) is 0 Å². The second-order valence-electron chi connectivity index (χ2n) is 5.79. The predicted octanol–water partition coefficient (Wildman–Crippen LogP) is 1.73. The number of para-hydroxylation sites is 1. The van der Waals surface area contributed by atoms with E-state index in [1.807, 2.05) is 18.2 Å². The Balaban J connectivity index is 1.90. The minimum absolute atomic E-state index is 0.0468. The SMILES string of the molecule is CCOC(=O)c1ccccc1N1CCN(C(=O)NCCCOC)CC1. The highest BCUT2D eigenvalue weighted by atomic mass is 16.5. The zero-order valence-electron chi connectivity index (χ0n) is 15.0. The van der Waals surface area contributed by atoms with E-state index >= 15 is 0 Å². The van der Waals surface area contributed by atoms with Gasteiger partial charge in [0, 0.05) is 46.4 Å². The third-order valence-electron chi connectivity index (χ3n) is 4.11. The van der Waals surface area contributed by atoms with Crippen molar-refractivity contribution in [2.45, 2.75) is 13.3 Å². The normalized spacial score (nSPS) is 14.3. The Hall–Kier alpha value is -2.28. The van der Waals surface area contributed by atoms with Gasteiger partial charge in [-0.2, -0.15) is 0 Å². The van der Waals surface area contributed by atoms with E-state index in [4.69, 9.17) is 9.47 Å². The topological polar surface area (TPSA) is 71.1 Å². The summed E-state index contributed by atoms with van der Waals surface area (Å²) in [5.74, 6) is -0.309. The summed E-state index contributed by atoms with van der Waals surface area (Å²) in [6.45, 7) is 6.00. The summed E-state index contributed by atoms with van der Waals surface area (Å²) in [4.78, 5) is 28.2. The zero-order chi connectivity index (χ0) is 18.1. The number of methoxy groups -OCH3 is 1. The predicted molar refractivity (Wildman–Crippen MR) is 96.1 cm³/mol. The molecule has 25 heavy (non-hydrogen) atoms. The van der Waals surface area contributed by atoms with Crippen molar-refractivity contribution in [3.63, 3.8) is 0 Å². The maximum absolute atomic E-state index is 12.1. The Morgan fingerprint density at radius 1 is 1.16 bits per heavy atom. The smallest absolute Gasteiger partial charge is 0.340 e. The van der Waals surface area contributed by atoms with Gasteiger partial charge in [0.15, 0.2) is 0 Å². The van der Waals surface area contributed by atoms with E-state index in [2.05, 4.69) is 10.2 Å². The van der Waals surface area contributed by atoms with E-state index in [1.165, 1.54) is 0 Å². The minimum atomic E-state index is -0.309. The molecule has 1 fully saturated rings. The lowest BCUT2D eigenvalue weighted by atomic mass is 10.1. The van der Waals surface area contributed by atoms with Crippen LogP contribution in [0.4, 0.5) is 10.5 Å². The number of piperazine rings is 1. The standard InChI is InChI=1S/C18H27N3O4/c1-3-25-17(22)15-7-4-5-8-16(15)20-10-12-21(13-11-20)18(23)19-9-6-14-24-2/h4-5,7-8H,3,6,9-14H2,1-2H3,(H,19,23). The van der Waals surface area contributed by atoms with Crippen LogP contribution in [-0.4, -0.2) is 69.9 Å². The molecule has 0 saturated carbocycles. The molecule has 7 nitrogen and oxygen atoms in total. The number of benzene rings is 1. The zero-order valence-corrected chi connectivity index (χ0v) is 15.0. The van der Waals surface area contributed by atoms with Crippen molar-refractivity contribution in [3.05, 3.63) is 29.8 Å². The highest BCUT2D eigenvalue weighted by Crippen LogP contribution is 2.22. The average molecular weight is 349 g/mol. The number of rotatable bonds is 7. The van der Waals surface area contributed by atoms with Crippen molar-refractivity contribution in [2.75, 3.05) is 57.9 Å². The number of hydrogen-bond acceptors (Lipinski definition) is 5. The second-order valence-corrected chi connectivity index (χ2v) is 5.79. The molecule has 0 radical (unpaired) electrons. The Bertz CT molecular complexity index is 571. The maximum atomic E-state index is 12.1. The lowest BCUT2D eigenvalue weighted by Crippen LogP contribution is -2.52. The second kappa shape index (κ2) is 9.88. The molecule has 0 unspecified atom stereocenters. The van der Waals surface area contributed by atoms with E-state index < -0.39 is 0 Å². The van der Waals surface area contributed by atoms with E-state index in [1.54, 1.807) is 25.0 Å². The molecule has 0 aliphatic carbocycles. The summed E-state index contributed by atoms with van der Waals surface area (Å²) in [6.07, 6.45) is 0.801. The fraction of sp³-hybridized carbons (Fsp3) is 0.556. The number of ether oxygens (including phenoxy) is 2. The van der Waals surface area contributed by atoms with E-state index in [-0.39, 0.29) is 12.0 Å². The van der Waals surface area contributed by atoms with Gasteiger partial charge in [0.1, 0.15) is 0 Å². The summed E-state index contributed by atoms with van der Waals surface area (Å²) >= 11 is 0. The number of esters is 1. The van der Waals surface area contributed by atoms with Crippen LogP contribution in [0.3, 0.4) is 0 Å². The molecule has 0 atom stereocenters. The molecule has 1 heterocycles. The first-order chi connectivity index (χ1) is 12.2. The van der Waals surface area contributed by atoms with Gasteiger partial charge >= 0.3 is 12.0 Å². The number of anilines is 1. The summed E-state index contributed by atoms with van der Waals surface area (Å²) in [7, 11) is 1.65. The molecule has 138 valence electrons. The molecule has 2 rings (SSSR count). The van der Waals surface area contributed by atoms with Crippen LogP contribution in [0.1, 0.15) is 23.7 Å². The van der Waals surface area contributed by atoms with E-state index in [9.17, 15) is 9.59 Å². The first-order valence-corrected chi connectivity index (χ1v) is 8.70. The number of amides is 2. The van der Waals surface area contributed by atoms with Crippen molar-refractivity contribution >= 4 is 17.7 Å². The number of carbonyl (C=O) groups is 2. The van der Waals surface area contributed by atoms with Crippen LogP contribution >= 0.6 is 0 Å². The van der Waals surface area contributed by atoms with Crippen LogP contribution in [0.15, 0.2) is 24.3 Å². The number of hydrogen-bond donors (Lipinski definition) is 1. The first kappa shape index (κ1) is 19.1. The van der Waals surface area contributed by atoms with Crippen LogP contribution < -0.4 is 10.2 Å². The Morgan fingerprint density at radius 3 is 2.56 bits per heavy atom. The summed E-state index contributed by atoms with van der Waals surface area (Å²) in [5.41, 5.74) is 1.43. The Morgan fingerprint density at radius 2 is 1.88 bits per heavy atom. The molecule has 1 aromatic carbocycles. The monoisotopic (exact) mass is 349 g/mol. The summed E-state index contributed by atoms with van der Waals surface area (Å²) < 4.78 is 10.1. The van der Waals surface area contributed by atoms with Crippen LogP contribution in [0, 0.1) is 0 Å². The quantitative estimate of drug-likeness (QED) is 0.600. The Labute approximate surface area is 148 Å². The summed E-state index contributed by atoms with van der Waals surface area (Å²) in [5, 5.41) is 2.90. The maximum Gasteiger partial charge on any atom is 0.340 e. The number of nitrogens with zero attached hydrogens (tertiary/aromatic N) is 2. The molecule has 2 amide bonds. The van der Waals surface area contributed by atoms with Gasteiger partial charge in [-0.3, -0.25) is 0 Å². The first-order valence-electron chi connectivity index (χ1n) is 8.70. The molecular formula is C18H27N3O4. The molecule has 1 N–H and O–H groups in total. The third-order valence-corrected chi connectivity index (χ3v) is 4.11. The van der Waals surface area contributed by atoms with Gasteiger partial charge in [-0.25, -0.2) is 9.59 Å². The van der Waals surface area contributed by atoms with Gasteiger partial charge in [-0.05, 0) is 25.5 Å². The van der Waals surface area contributed by atoms with Crippen molar-refractivity contribution in [1.29, 1.82) is 0 Å². The van der Waals surface area contributed by atoms with Gasteiger partial charge in [-0.1, -0.05) is 12.1 Å². The van der Waals surface area contributed by atoms with Crippen molar-refractivity contribution in [1.82, 2.24) is 10.2 Å². The number of carbonyl (C=O) groups excluding carboxylic acids is 2. The molecule has 1 saturated heterocycles. The molecule has 0 aromatic heterocycles. The van der Waals surface area contributed by atoms with Crippen LogP contribution in [0.5, 0.6) is 0 Å². The summed E-state index contributed by atoms with van der Waals surface area (Å²) in [6, 6.07) is 7.40. The van der Waals surface area contributed by atoms with Crippen molar-refractivity contribution in [2.24, 2.45) is 0 Å².